The van der Waals surface area contributed by atoms with Crippen LogP contribution < -0.4 is 0 Å². The number of aliphatic hydroxyl groups excluding tert-OH is 4. The number of aliphatic hydroxyl groups is 4. The van der Waals surface area contributed by atoms with Crippen LogP contribution in [0.1, 0.15) is 162 Å². The maximum absolute atomic E-state index is 11.6. The molecule has 1 saturated heterocycles. The van der Waals surface area contributed by atoms with E-state index >= 15 is 0 Å². The zero-order valence-electron chi connectivity index (χ0n) is 26.9. The minimum Gasteiger partial charge on any atom is -0.455 e. The Hall–Kier alpha value is -0.990. The average molecular weight is 597 g/mol. The predicted octanol–water partition coefficient (Wildman–Crippen LogP) is 7.06. The van der Waals surface area contributed by atoms with E-state index in [0.29, 0.717) is 24.8 Å². The lowest BCUT2D eigenvalue weighted by Gasteiger charge is -2.22. The van der Waals surface area contributed by atoms with Gasteiger partial charge in [0.15, 0.2) is 0 Å². The summed E-state index contributed by atoms with van der Waals surface area (Å²) in [6, 6.07) is 0. The summed E-state index contributed by atoms with van der Waals surface area (Å²) in [5, 5.41) is 41.7. The van der Waals surface area contributed by atoms with Crippen molar-refractivity contribution < 1.29 is 34.7 Å². The van der Waals surface area contributed by atoms with Crippen molar-refractivity contribution in [3.05, 3.63) is 11.6 Å². The van der Waals surface area contributed by atoms with Gasteiger partial charge in [-0.05, 0) is 57.9 Å². The van der Waals surface area contributed by atoms with E-state index in [4.69, 9.17) is 9.47 Å². The first kappa shape index (κ1) is 37.2. The third kappa shape index (κ3) is 16.2. The molecule has 0 aromatic carbocycles. The summed E-state index contributed by atoms with van der Waals surface area (Å²) < 4.78 is 11.1. The van der Waals surface area contributed by atoms with Crippen LogP contribution in [0.25, 0.3) is 0 Å². The third-order valence-electron chi connectivity index (χ3n) is 9.11. The number of cyclic esters (lactones) is 1. The van der Waals surface area contributed by atoms with Crippen LogP contribution in [-0.2, 0) is 14.3 Å². The maximum atomic E-state index is 11.6. The zero-order chi connectivity index (χ0) is 30.6. The Bertz CT molecular complexity index is 726. The van der Waals surface area contributed by atoms with Crippen LogP contribution in [0, 0.1) is 0 Å². The number of rotatable bonds is 26. The van der Waals surface area contributed by atoms with Gasteiger partial charge in [-0.25, -0.2) is 4.79 Å². The SMILES string of the molecule is CCCCCCCCCCCC[C@H](O)[C@@H]1CC[C@H]([C@H](O)CCCC[C@H](O)CCCCC[C@@H](O)CC2=C[C@H](C)OC2=O)O1. The van der Waals surface area contributed by atoms with Gasteiger partial charge in [-0.15, -0.1) is 0 Å². The second kappa shape index (κ2) is 22.5. The summed E-state index contributed by atoms with van der Waals surface area (Å²) in [7, 11) is 0. The van der Waals surface area contributed by atoms with Crippen molar-refractivity contribution in [1.29, 1.82) is 0 Å². The van der Waals surface area contributed by atoms with Crippen LogP contribution in [0.4, 0.5) is 0 Å². The highest BCUT2D eigenvalue weighted by Crippen LogP contribution is 2.28. The fourth-order valence-electron chi connectivity index (χ4n) is 6.42. The van der Waals surface area contributed by atoms with Crippen molar-refractivity contribution in [1.82, 2.24) is 0 Å². The molecular formula is C35H64O7. The van der Waals surface area contributed by atoms with Gasteiger partial charge >= 0.3 is 5.97 Å². The molecule has 7 nitrogen and oxygen atoms in total. The van der Waals surface area contributed by atoms with E-state index in [-0.39, 0.29) is 30.4 Å². The van der Waals surface area contributed by atoms with Crippen LogP contribution in [0.2, 0.25) is 0 Å². The minimum atomic E-state index is -0.530. The number of carbonyl (C=O) groups is 1. The van der Waals surface area contributed by atoms with Crippen molar-refractivity contribution in [2.24, 2.45) is 0 Å². The van der Waals surface area contributed by atoms with E-state index in [1.807, 2.05) is 6.92 Å². The van der Waals surface area contributed by atoms with Crippen LogP contribution in [-0.4, -0.2) is 69.1 Å². The van der Waals surface area contributed by atoms with Crippen molar-refractivity contribution in [2.45, 2.75) is 204 Å². The van der Waals surface area contributed by atoms with Crippen LogP contribution in [0.5, 0.6) is 0 Å². The monoisotopic (exact) mass is 596 g/mol. The summed E-state index contributed by atoms with van der Waals surface area (Å²) in [5.41, 5.74) is 0.576. The molecule has 0 aromatic heterocycles. The van der Waals surface area contributed by atoms with Crippen molar-refractivity contribution in [3.63, 3.8) is 0 Å². The second-order valence-corrected chi connectivity index (χ2v) is 13.1. The molecule has 2 rings (SSSR count). The van der Waals surface area contributed by atoms with E-state index in [9.17, 15) is 25.2 Å². The first-order valence-electron chi connectivity index (χ1n) is 17.6. The number of hydrogen-bond donors (Lipinski definition) is 4. The molecule has 246 valence electrons. The molecule has 0 saturated carbocycles. The molecule has 0 amide bonds. The minimum absolute atomic E-state index is 0.147. The Balaban J connectivity index is 1.41. The molecule has 2 aliphatic heterocycles. The number of esters is 1. The molecule has 42 heavy (non-hydrogen) atoms. The largest absolute Gasteiger partial charge is 0.455 e. The van der Waals surface area contributed by atoms with Crippen LogP contribution in [0.15, 0.2) is 11.6 Å². The first-order valence-corrected chi connectivity index (χ1v) is 17.6. The molecule has 0 aliphatic carbocycles. The molecule has 0 unspecified atom stereocenters. The topological polar surface area (TPSA) is 116 Å². The fraction of sp³-hybridized carbons (Fsp3) is 0.914. The quantitative estimate of drug-likeness (QED) is 0.0624. The highest BCUT2D eigenvalue weighted by Gasteiger charge is 2.34. The Labute approximate surface area is 256 Å². The molecule has 2 heterocycles. The summed E-state index contributed by atoms with van der Waals surface area (Å²) in [6.07, 6.45) is 22.4. The molecular weight excluding hydrogens is 532 g/mol. The lowest BCUT2D eigenvalue weighted by atomic mass is 9.99. The van der Waals surface area contributed by atoms with Gasteiger partial charge in [0.25, 0.3) is 0 Å². The van der Waals surface area contributed by atoms with E-state index < -0.39 is 18.3 Å². The summed E-state index contributed by atoms with van der Waals surface area (Å²) >= 11 is 0. The number of carbonyl (C=O) groups excluding carboxylic acids is 1. The van der Waals surface area contributed by atoms with Gasteiger partial charge in [0.1, 0.15) is 6.10 Å². The third-order valence-corrected chi connectivity index (χ3v) is 9.11. The van der Waals surface area contributed by atoms with Gasteiger partial charge in [-0.1, -0.05) is 103 Å². The average Bonchev–Trinajstić information content (AvgIpc) is 3.58. The first-order chi connectivity index (χ1) is 20.3. The molecule has 0 aromatic rings. The van der Waals surface area contributed by atoms with Gasteiger partial charge in [-0.3, -0.25) is 0 Å². The fourth-order valence-corrected chi connectivity index (χ4v) is 6.42. The Morgan fingerprint density at radius 3 is 1.62 bits per heavy atom. The summed E-state index contributed by atoms with van der Waals surface area (Å²) in [4.78, 5) is 11.6. The molecule has 2 aliphatic rings. The van der Waals surface area contributed by atoms with Gasteiger partial charge in [0, 0.05) is 12.0 Å². The van der Waals surface area contributed by atoms with E-state index in [1.54, 1.807) is 6.08 Å². The molecule has 7 heteroatoms. The Kier molecular flexibility index (Phi) is 19.9. The van der Waals surface area contributed by atoms with E-state index in [0.717, 1.165) is 70.6 Å². The maximum Gasteiger partial charge on any atom is 0.334 e. The number of unbranched alkanes of at least 4 members (excludes halogenated alkanes) is 12. The van der Waals surface area contributed by atoms with E-state index in [2.05, 4.69) is 6.92 Å². The van der Waals surface area contributed by atoms with Crippen molar-refractivity contribution in [3.8, 4) is 0 Å². The lowest BCUT2D eigenvalue weighted by molar-refractivity contribution is -0.139. The van der Waals surface area contributed by atoms with Gasteiger partial charge < -0.3 is 29.9 Å². The number of hydrogen-bond acceptors (Lipinski definition) is 7. The lowest BCUT2D eigenvalue weighted by Crippen LogP contribution is -2.31. The zero-order valence-corrected chi connectivity index (χ0v) is 26.9. The standard InChI is InChI=1S/C35H64O7/c1-3-4-5-6-7-8-9-10-11-15-21-31(38)33-23-24-34(42-33)32(39)22-17-16-19-29(36)18-13-12-14-20-30(37)26-28-25-27(2)41-35(28)40/h25,27,29-34,36-39H,3-24,26H2,1-2H3/t27-,29+,30+,31-,32+,33-,34+/m0/s1. The Morgan fingerprint density at radius 2 is 1.10 bits per heavy atom. The Morgan fingerprint density at radius 1 is 0.667 bits per heavy atom. The molecule has 1 fully saturated rings. The van der Waals surface area contributed by atoms with Crippen LogP contribution in [0.3, 0.4) is 0 Å². The summed E-state index contributed by atoms with van der Waals surface area (Å²) in [5.74, 6) is -0.314. The summed E-state index contributed by atoms with van der Waals surface area (Å²) in [6.45, 7) is 4.07. The van der Waals surface area contributed by atoms with Gasteiger partial charge in [0.05, 0.1) is 36.6 Å². The number of ether oxygens (including phenoxy) is 2. The van der Waals surface area contributed by atoms with E-state index in [1.165, 1.54) is 57.8 Å². The van der Waals surface area contributed by atoms with Crippen LogP contribution >= 0.6 is 0 Å². The predicted molar refractivity (Wildman–Crippen MR) is 168 cm³/mol. The van der Waals surface area contributed by atoms with Crippen molar-refractivity contribution in [2.75, 3.05) is 0 Å². The molecule has 0 radical (unpaired) electrons. The smallest absolute Gasteiger partial charge is 0.334 e. The molecule has 7 atom stereocenters. The van der Waals surface area contributed by atoms with Gasteiger partial charge in [0.2, 0.25) is 0 Å². The van der Waals surface area contributed by atoms with Gasteiger partial charge in [-0.2, -0.15) is 0 Å². The molecule has 0 spiro atoms. The molecule has 4 N–H and O–H groups in total. The normalized spacial score (nSPS) is 23.5. The highest BCUT2D eigenvalue weighted by atomic mass is 16.5. The second-order valence-electron chi connectivity index (χ2n) is 13.1. The molecule has 0 bridgehead atoms. The highest BCUT2D eigenvalue weighted by molar-refractivity contribution is 5.90. The van der Waals surface area contributed by atoms with Crippen molar-refractivity contribution >= 4 is 5.97 Å².